The van der Waals surface area contributed by atoms with Gasteiger partial charge in [0, 0.05) is 6.08 Å². The first kappa shape index (κ1) is 10.3. The van der Waals surface area contributed by atoms with Crippen LogP contribution in [0.1, 0.15) is 11.1 Å². The lowest BCUT2D eigenvalue weighted by molar-refractivity contribution is -0.128. The van der Waals surface area contributed by atoms with Crippen LogP contribution in [-0.2, 0) is 9.08 Å². The Kier molecular flexibility index (Phi) is 3.71. The molecule has 0 aliphatic rings. The fraction of sp³-hybridized carbons (Fsp3) is 0. The molecule has 0 amide bonds. The van der Waals surface area contributed by atoms with E-state index in [1.54, 1.807) is 30.3 Å². The highest BCUT2D eigenvalue weighted by molar-refractivity contribution is 6.15. The Labute approximate surface area is 86.3 Å². The van der Waals surface area contributed by atoms with Crippen LogP contribution >= 0.6 is 11.9 Å². The number of hydrogen-bond donors (Lipinski definition) is 0. The molecule has 0 aliphatic carbocycles. The van der Waals surface area contributed by atoms with E-state index in [9.17, 15) is 4.79 Å². The molecule has 0 aromatic heterocycles. The monoisotopic (exact) mass is 207 g/mol. The minimum absolute atomic E-state index is 0.571. The van der Waals surface area contributed by atoms with E-state index in [2.05, 4.69) is 4.29 Å². The van der Waals surface area contributed by atoms with Crippen LogP contribution in [-0.4, -0.2) is 5.97 Å². The van der Waals surface area contributed by atoms with Crippen molar-refractivity contribution in [3.05, 3.63) is 41.5 Å². The molecule has 0 spiro atoms. The summed E-state index contributed by atoms with van der Waals surface area (Å²) >= 11 is 4.82. The molecular weight excluding hydrogens is 202 g/mol. The average Bonchev–Trinajstić information content (AvgIpc) is 2.26. The van der Waals surface area contributed by atoms with Gasteiger partial charge in [-0.05, 0) is 23.8 Å². The maximum absolute atomic E-state index is 10.6. The molecule has 1 aromatic carbocycles. The molecular formula is C10H6ClNO2. The van der Waals surface area contributed by atoms with E-state index in [1.165, 1.54) is 6.08 Å². The lowest BCUT2D eigenvalue weighted by atomic mass is 10.1. The number of benzene rings is 1. The number of halogens is 1. The molecule has 0 fully saturated rings. The molecule has 0 N–H and O–H groups in total. The number of carbonyl (C=O) groups is 1. The van der Waals surface area contributed by atoms with Crippen molar-refractivity contribution in [1.82, 2.24) is 0 Å². The second kappa shape index (κ2) is 5.05. The standard InChI is InChI=1S/C10H6ClNO2/c11-14-10(13)6-5-8-1-3-9(7-12)4-2-8/h1-6H/b6-5+. The van der Waals surface area contributed by atoms with Crippen molar-refractivity contribution in [2.24, 2.45) is 0 Å². The van der Waals surface area contributed by atoms with E-state index in [0.717, 1.165) is 5.56 Å². The first-order chi connectivity index (χ1) is 6.76. The lowest BCUT2D eigenvalue weighted by Crippen LogP contribution is -1.88. The zero-order valence-electron chi connectivity index (χ0n) is 7.11. The smallest absolute Gasteiger partial charge is 0.344 e. The molecule has 70 valence electrons. The highest BCUT2D eigenvalue weighted by Crippen LogP contribution is 2.05. The third-order valence-electron chi connectivity index (χ3n) is 1.53. The molecule has 14 heavy (non-hydrogen) atoms. The van der Waals surface area contributed by atoms with Crippen LogP contribution in [0, 0.1) is 11.3 Å². The molecule has 3 nitrogen and oxygen atoms in total. The SMILES string of the molecule is N#Cc1ccc(/C=C/C(=O)OCl)cc1. The van der Waals surface area contributed by atoms with Gasteiger partial charge in [-0.25, -0.2) is 4.79 Å². The number of rotatable bonds is 2. The van der Waals surface area contributed by atoms with Gasteiger partial charge in [0.1, 0.15) is 11.9 Å². The number of carbonyl (C=O) groups excluding carboxylic acids is 1. The lowest BCUT2D eigenvalue weighted by Gasteiger charge is -1.92. The van der Waals surface area contributed by atoms with Gasteiger partial charge in [0.15, 0.2) is 0 Å². The number of nitriles is 1. The Morgan fingerprint density at radius 2 is 2.07 bits per heavy atom. The predicted molar refractivity (Wildman–Crippen MR) is 52.1 cm³/mol. The van der Waals surface area contributed by atoms with Crippen molar-refractivity contribution in [2.75, 3.05) is 0 Å². The van der Waals surface area contributed by atoms with E-state index >= 15 is 0 Å². The summed E-state index contributed by atoms with van der Waals surface area (Å²) in [5.41, 5.74) is 1.37. The van der Waals surface area contributed by atoms with Crippen molar-refractivity contribution >= 4 is 23.9 Å². The molecule has 0 saturated carbocycles. The Hall–Kier alpha value is -1.79. The van der Waals surface area contributed by atoms with Gasteiger partial charge in [0.2, 0.25) is 0 Å². The van der Waals surface area contributed by atoms with Crippen molar-refractivity contribution < 1.29 is 9.08 Å². The molecule has 0 bridgehead atoms. The summed E-state index contributed by atoms with van der Waals surface area (Å²) in [4.78, 5) is 10.6. The van der Waals surface area contributed by atoms with Gasteiger partial charge < -0.3 is 4.29 Å². The maximum Gasteiger partial charge on any atom is 0.349 e. The summed E-state index contributed by atoms with van der Waals surface area (Å²) in [6.07, 6.45) is 2.75. The van der Waals surface area contributed by atoms with Crippen LogP contribution < -0.4 is 0 Å². The van der Waals surface area contributed by atoms with E-state index in [0.29, 0.717) is 5.56 Å². The topological polar surface area (TPSA) is 50.1 Å². The normalized spacial score (nSPS) is 9.71. The van der Waals surface area contributed by atoms with Crippen molar-refractivity contribution in [3.63, 3.8) is 0 Å². The molecule has 0 radical (unpaired) electrons. The Bertz CT molecular complexity index is 390. The van der Waals surface area contributed by atoms with Crippen LogP contribution in [0.5, 0.6) is 0 Å². The number of nitrogens with zero attached hydrogens (tertiary/aromatic N) is 1. The third kappa shape index (κ3) is 2.92. The summed E-state index contributed by atoms with van der Waals surface area (Å²) in [5, 5.41) is 8.53. The quantitative estimate of drug-likeness (QED) is 0.699. The van der Waals surface area contributed by atoms with E-state index in [-0.39, 0.29) is 0 Å². The molecule has 0 atom stereocenters. The Morgan fingerprint density at radius 1 is 1.43 bits per heavy atom. The fourth-order valence-corrected chi connectivity index (χ4v) is 0.910. The average molecular weight is 208 g/mol. The molecule has 0 aliphatic heterocycles. The van der Waals surface area contributed by atoms with Crippen LogP contribution in [0.25, 0.3) is 6.08 Å². The van der Waals surface area contributed by atoms with Gasteiger partial charge in [0.05, 0.1) is 11.6 Å². The summed E-state index contributed by atoms with van der Waals surface area (Å²) in [6.45, 7) is 0. The maximum atomic E-state index is 10.6. The van der Waals surface area contributed by atoms with E-state index in [1.807, 2.05) is 6.07 Å². The summed E-state index contributed by atoms with van der Waals surface area (Å²) in [7, 11) is 0. The zero-order valence-corrected chi connectivity index (χ0v) is 7.86. The van der Waals surface area contributed by atoms with Gasteiger partial charge >= 0.3 is 5.97 Å². The first-order valence-electron chi connectivity index (χ1n) is 3.77. The molecule has 0 unspecified atom stereocenters. The molecule has 0 saturated heterocycles. The summed E-state index contributed by atoms with van der Waals surface area (Å²) in [6, 6.07) is 8.75. The minimum atomic E-state index is -0.629. The van der Waals surface area contributed by atoms with Crippen molar-refractivity contribution in [1.29, 1.82) is 5.26 Å². The zero-order chi connectivity index (χ0) is 10.4. The van der Waals surface area contributed by atoms with E-state index in [4.69, 9.17) is 17.1 Å². The van der Waals surface area contributed by atoms with Crippen LogP contribution in [0.4, 0.5) is 0 Å². The largest absolute Gasteiger partial charge is 0.349 e. The van der Waals surface area contributed by atoms with E-state index < -0.39 is 5.97 Å². The van der Waals surface area contributed by atoms with Crippen LogP contribution in [0.2, 0.25) is 0 Å². The summed E-state index contributed by atoms with van der Waals surface area (Å²) in [5.74, 6) is -0.629. The van der Waals surface area contributed by atoms with Gasteiger partial charge in [-0.3, -0.25) is 0 Å². The Morgan fingerprint density at radius 3 is 2.57 bits per heavy atom. The van der Waals surface area contributed by atoms with Gasteiger partial charge in [0.25, 0.3) is 0 Å². The second-order valence-corrected chi connectivity index (χ2v) is 2.62. The Balaban J connectivity index is 2.74. The van der Waals surface area contributed by atoms with Crippen LogP contribution in [0.3, 0.4) is 0 Å². The summed E-state index contributed by atoms with van der Waals surface area (Å²) < 4.78 is 3.91. The predicted octanol–water partition coefficient (Wildman–Crippen LogP) is 2.27. The highest BCUT2D eigenvalue weighted by atomic mass is 35.5. The number of hydrogen-bond acceptors (Lipinski definition) is 3. The molecule has 1 aromatic rings. The first-order valence-corrected chi connectivity index (χ1v) is 4.08. The van der Waals surface area contributed by atoms with Gasteiger partial charge in [-0.15, -0.1) is 0 Å². The third-order valence-corrected chi connectivity index (χ3v) is 1.68. The van der Waals surface area contributed by atoms with Gasteiger partial charge in [-0.1, -0.05) is 12.1 Å². The van der Waals surface area contributed by atoms with Crippen molar-refractivity contribution in [3.8, 4) is 6.07 Å². The van der Waals surface area contributed by atoms with Gasteiger partial charge in [-0.2, -0.15) is 5.26 Å². The fourth-order valence-electron chi connectivity index (χ4n) is 0.859. The molecule has 4 heteroatoms. The second-order valence-electron chi connectivity index (χ2n) is 2.46. The van der Waals surface area contributed by atoms with Crippen LogP contribution in [0.15, 0.2) is 30.3 Å². The highest BCUT2D eigenvalue weighted by Gasteiger charge is 1.93. The minimum Gasteiger partial charge on any atom is -0.344 e. The van der Waals surface area contributed by atoms with Crippen molar-refractivity contribution in [2.45, 2.75) is 0 Å². The molecule has 1 rings (SSSR count). The molecule has 0 heterocycles.